The normalized spacial score (nSPS) is 27.1. The van der Waals surface area contributed by atoms with Crippen molar-refractivity contribution in [2.75, 3.05) is 0 Å². The minimum absolute atomic E-state index is 1.22. The number of halogens is 4. The highest BCUT2D eigenvalue weighted by Gasteiger charge is 2.54. The van der Waals surface area contributed by atoms with Crippen LogP contribution in [0.5, 0.6) is 0 Å². The van der Waals surface area contributed by atoms with Gasteiger partial charge < -0.3 is 9.47 Å². The van der Waals surface area contributed by atoms with Gasteiger partial charge in [-0.1, -0.05) is 0 Å². The van der Waals surface area contributed by atoms with E-state index in [1.165, 1.54) is 0 Å². The first-order valence-electron chi connectivity index (χ1n) is 2.97. The highest BCUT2D eigenvalue weighted by atomic mass is 19.3. The van der Waals surface area contributed by atoms with Gasteiger partial charge in [-0.3, -0.25) is 0 Å². The van der Waals surface area contributed by atoms with E-state index in [1.54, 1.807) is 0 Å². The number of alkyl halides is 4. The summed E-state index contributed by atoms with van der Waals surface area (Å²) >= 11 is 0. The lowest BCUT2D eigenvalue weighted by Gasteiger charge is -2.12. The number of carbonyl (C=O) groups excluding carboxylic acids is 1. The lowest BCUT2D eigenvalue weighted by atomic mass is 10.2. The largest absolute Gasteiger partial charge is 0.513 e. The molecular weight excluding hydrogens is 184 g/mol. The molecule has 0 aromatic carbocycles. The molecule has 1 aliphatic heterocycles. The van der Waals surface area contributed by atoms with Gasteiger partial charge in [-0.25, -0.2) is 13.6 Å². The van der Waals surface area contributed by atoms with Crippen molar-refractivity contribution in [3.8, 4) is 0 Å². The maximum Gasteiger partial charge on any atom is 0.513 e. The Morgan fingerprint density at radius 2 is 2.08 bits per heavy atom. The molecule has 1 aliphatic rings. The second kappa shape index (κ2) is 2.80. The number of ether oxygens (including phenoxy) is 2. The molecule has 7 heteroatoms. The van der Waals surface area contributed by atoms with Gasteiger partial charge in [-0.15, -0.1) is 0 Å². The van der Waals surface area contributed by atoms with Crippen LogP contribution in [0.25, 0.3) is 0 Å². The smallest absolute Gasteiger partial charge is 0.420 e. The monoisotopic (exact) mass is 188 g/mol. The van der Waals surface area contributed by atoms with Gasteiger partial charge in [-0.05, 0) is 0 Å². The van der Waals surface area contributed by atoms with E-state index in [-0.39, 0.29) is 0 Å². The van der Waals surface area contributed by atoms with E-state index in [0.29, 0.717) is 0 Å². The zero-order valence-electron chi connectivity index (χ0n) is 5.60. The van der Waals surface area contributed by atoms with Crippen LogP contribution in [0, 0.1) is 0 Å². The van der Waals surface area contributed by atoms with Gasteiger partial charge >= 0.3 is 12.3 Å². The minimum atomic E-state index is -3.94. The average molecular weight is 188 g/mol. The van der Waals surface area contributed by atoms with E-state index in [0.717, 1.165) is 0 Å². The first-order valence-corrected chi connectivity index (χ1v) is 2.97. The summed E-state index contributed by atoms with van der Waals surface area (Å²) in [6.45, 7) is 0. The molecule has 12 heavy (non-hydrogen) atoms. The molecule has 3 nitrogen and oxygen atoms in total. The summed E-state index contributed by atoms with van der Waals surface area (Å²) in [5.74, 6) is 0. The van der Waals surface area contributed by atoms with Gasteiger partial charge in [-0.2, -0.15) is 8.78 Å². The zero-order valence-corrected chi connectivity index (χ0v) is 5.60. The van der Waals surface area contributed by atoms with Crippen LogP contribution in [0.3, 0.4) is 0 Å². The summed E-state index contributed by atoms with van der Waals surface area (Å²) in [5.41, 5.74) is 0. The van der Waals surface area contributed by atoms with Crippen LogP contribution in [0.15, 0.2) is 0 Å². The van der Waals surface area contributed by atoms with Crippen LogP contribution in [-0.4, -0.2) is 24.8 Å². The predicted molar refractivity (Wildman–Crippen MR) is 26.9 cm³/mol. The van der Waals surface area contributed by atoms with E-state index in [2.05, 4.69) is 9.47 Å². The van der Waals surface area contributed by atoms with Gasteiger partial charge in [0.15, 0.2) is 0 Å². The molecule has 0 aromatic heterocycles. The minimum Gasteiger partial charge on any atom is -0.420 e. The quantitative estimate of drug-likeness (QED) is 0.489. The molecule has 0 aliphatic carbocycles. The molecule has 0 radical (unpaired) electrons. The highest BCUT2D eigenvalue weighted by Crippen LogP contribution is 2.33. The van der Waals surface area contributed by atoms with E-state index >= 15 is 0 Å². The van der Waals surface area contributed by atoms with Crippen LogP contribution >= 0.6 is 0 Å². The molecule has 1 fully saturated rings. The summed E-state index contributed by atoms with van der Waals surface area (Å²) in [6.07, 6.45) is -11.9. The maximum absolute atomic E-state index is 12.3. The Kier molecular flexibility index (Phi) is 2.12. The van der Waals surface area contributed by atoms with Crippen molar-refractivity contribution in [2.24, 2.45) is 0 Å². The molecule has 0 aromatic rings. The predicted octanol–water partition coefficient (Wildman–Crippen LogP) is 1.77. The first kappa shape index (κ1) is 9.08. The lowest BCUT2D eigenvalue weighted by molar-refractivity contribution is -0.204. The van der Waals surface area contributed by atoms with Gasteiger partial charge in [0.1, 0.15) is 0 Å². The number of hydrogen-bond donors (Lipinski definition) is 0. The van der Waals surface area contributed by atoms with E-state index < -0.39 is 31.2 Å². The Labute approximate surface area is 64.2 Å². The maximum atomic E-state index is 12.3. The molecule has 0 spiro atoms. The Bertz CT molecular complexity index is 193. The van der Waals surface area contributed by atoms with Crippen molar-refractivity contribution >= 4 is 6.16 Å². The summed E-state index contributed by atoms with van der Waals surface area (Å²) in [5, 5.41) is 0. The molecule has 1 atom stereocenters. The third-order valence-electron chi connectivity index (χ3n) is 1.22. The third kappa shape index (κ3) is 1.77. The average Bonchev–Trinajstić information content (AvgIpc) is 2.04. The van der Waals surface area contributed by atoms with Crippen molar-refractivity contribution in [2.45, 2.75) is 25.1 Å². The van der Waals surface area contributed by atoms with Crippen molar-refractivity contribution in [1.29, 1.82) is 0 Å². The second-order valence-electron chi connectivity index (χ2n) is 2.15. The standard InChI is InChI=1S/C5H4F4O3/c6-3(7)1-2-5(8,9)12-4(10)11-2/h2-3H,1H2. The molecule has 70 valence electrons. The molecule has 0 saturated carbocycles. The van der Waals surface area contributed by atoms with E-state index in [1.807, 2.05) is 0 Å². The van der Waals surface area contributed by atoms with Crippen LogP contribution in [0.4, 0.5) is 22.4 Å². The van der Waals surface area contributed by atoms with Crippen LogP contribution < -0.4 is 0 Å². The third-order valence-corrected chi connectivity index (χ3v) is 1.22. The molecule has 0 amide bonds. The number of rotatable bonds is 2. The fourth-order valence-corrected chi connectivity index (χ4v) is 0.733. The van der Waals surface area contributed by atoms with Crippen LogP contribution in [0.1, 0.15) is 6.42 Å². The van der Waals surface area contributed by atoms with Gasteiger partial charge in [0, 0.05) is 0 Å². The molecule has 0 N–H and O–H groups in total. The molecule has 1 unspecified atom stereocenters. The first-order chi connectivity index (χ1) is 5.42. The number of cyclic esters (lactones) is 2. The summed E-state index contributed by atoms with van der Waals surface area (Å²) in [4.78, 5) is 10.1. The molecule has 1 heterocycles. The number of hydrogen-bond acceptors (Lipinski definition) is 3. The van der Waals surface area contributed by atoms with E-state index in [9.17, 15) is 22.4 Å². The fraction of sp³-hybridized carbons (Fsp3) is 0.800. The molecular formula is C5H4F4O3. The fourth-order valence-electron chi connectivity index (χ4n) is 0.733. The van der Waals surface area contributed by atoms with Gasteiger partial charge in [0.25, 0.3) is 0 Å². The van der Waals surface area contributed by atoms with Gasteiger partial charge in [0.05, 0.1) is 6.42 Å². The van der Waals surface area contributed by atoms with Gasteiger partial charge in [0.2, 0.25) is 12.5 Å². The topological polar surface area (TPSA) is 35.5 Å². The lowest BCUT2D eigenvalue weighted by Crippen LogP contribution is -2.31. The number of carbonyl (C=O) groups is 1. The summed E-state index contributed by atoms with van der Waals surface area (Å²) in [6, 6.07) is 0. The Morgan fingerprint density at radius 3 is 2.42 bits per heavy atom. The summed E-state index contributed by atoms with van der Waals surface area (Å²) < 4.78 is 54.9. The van der Waals surface area contributed by atoms with Crippen molar-refractivity contribution < 1.29 is 31.8 Å². The van der Waals surface area contributed by atoms with Crippen molar-refractivity contribution in [1.82, 2.24) is 0 Å². The van der Waals surface area contributed by atoms with Crippen LogP contribution in [0.2, 0.25) is 0 Å². The van der Waals surface area contributed by atoms with E-state index in [4.69, 9.17) is 0 Å². The second-order valence-corrected chi connectivity index (χ2v) is 2.15. The zero-order chi connectivity index (χ0) is 9.35. The van der Waals surface area contributed by atoms with Crippen molar-refractivity contribution in [3.05, 3.63) is 0 Å². The SMILES string of the molecule is O=C1OC(CC(F)F)C(F)(F)O1. The summed E-state index contributed by atoms with van der Waals surface area (Å²) in [7, 11) is 0. The van der Waals surface area contributed by atoms with Crippen LogP contribution in [-0.2, 0) is 9.47 Å². The Balaban J connectivity index is 2.59. The Hall–Kier alpha value is -1.01. The molecule has 0 bridgehead atoms. The molecule has 1 saturated heterocycles. The van der Waals surface area contributed by atoms with Crippen molar-refractivity contribution in [3.63, 3.8) is 0 Å². The Morgan fingerprint density at radius 1 is 1.50 bits per heavy atom. The highest BCUT2D eigenvalue weighted by molar-refractivity contribution is 5.62. The molecule has 1 rings (SSSR count).